The molecule has 3 saturated heterocycles. The Morgan fingerprint density at radius 3 is 2.68 bits per heavy atom. The van der Waals surface area contributed by atoms with Crippen molar-refractivity contribution in [1.82, 2.24) is 25.3 Å². The summed E-state index contributed by atoms with van der Waals surface area (Å²) in [6, 6.07) is -0.0530. The summed E-state index contributed by atoms with van der Waals surface area (Å²) in [5.74, 6) is -0.303. The lowest BCUT2D eigenvalue weighted by atomic mass is 10.2. The molecule has 0 aromatic heterocycles. The number of likely N-dealkylation sites (tertiary alicyclic amines) is 1. The molecule has 0 aromatic rings. The fourth-order valence-electron chi connectivity index (χ4n) is 3.64. The topological polar surface area (TPSA) is 85.0 Å². The normalized spacial score (nSPS) is 32.2. The summed E-state index contributed by atoms with van der Waals surface area (Å²) in [5.41, 5.74) is 0. The number of carbonyl (C=O) groups is 3. The van der Waals surface area contributed by atoms with E-state index in [0.29, 0.717) is 13.1 Å². The van der Waals surface area contributed by atoms with Crippen LogP contribution in [0.5, 0.6) is 0 Å². The van der Waals surface area contributed by atoms with Gasteiger partial charge in [0.1, 0.15) is 6.04 Å². The molecule has 1 saturated carbocycles. The number of carbonyl (C=O) groups excluding carboxylic acids is 3. The van der Waals surface area contributed by atoms with Crippen LogP contribution in [0.25, 0.3) is 0 Å². The molecule has 8 nitrogen and oxygen atoms in total. The molecule has 3 aliphatic heterocycles. The SMILES string of the molecule is O=C1NC(=O)N2CCN(C(=O)NC3CCN(C4CC4)C3)CC12. The van der Waals surface area contributed by atoms with Gasteiger partial charge in [0.25, 0.3) is 5.91 Å². The number of hydrogen-bond acceptors (Lipinski definition) is 4. The van der Waals surface area contributed by atoms with E-state index in [2.05, 4.69) is 15.5 Å². The summed E-state index contributed by atoms with van der Waals surface area (Å²) in [6.45, 7) is 3.15. The van der Waals surface area contributed by atoms with Gasteiger partial charge in [-0.15, -0.1) is 0 Å². The van der Waals surface area contributed by atoms with Gasteiger partial charge in [-0.3, -0.25) is 15.0 Å². The van der Waals surface area contributed by atoms with Crippen molar-refractivity contribution in [3.8, 4) is 0 Å². The number of nitrogens with zero attached hydrogens (tertiary/aromatic N) is 3. The van der Waals surface area contributed by atoms with Gasteiger partial charge >= 0.3 is 12.1 Å². The van der Waals surface area contributed by atoms with Gasteiger partial charge in [-0.05, 0) is 19.3 Å². The van der Waals surface area contributed by atoms with Crippen LogP contribution in [0, 0.1) is 0 Å². The minimum Gasteiger partial charge on any atom is -0.334 e. The maximum absolute atomic E-state index is 12.4. The molecule has 1 aliphatic carbocycles. The molecule has 22 heavy (non-hydrogen) atoms. The minimum atomic E-state index is -0.529. The van der Waals surface area contributed by atoms with E-state index in [1.54, 1.807) is 4.90 Å². The third-order valence-corrected chi connectivity index (χ3v) is 5.07. The monoisotopic (exact) mass is 307 g/mol. The van der Waals surface area contributed by atoms with Gasteiger partial charge in [0, 0.05) is 38.3 Å². The maximum Gasteiger partial charge on any atom is 0.324 e. The van der Waals surface area contributed by atoms with Crippen molar-refractivity contribution in [2.45, 2.75) is 37.4 Å². The van der Waals surface area contributed by atoms with Crippen molar-refractivity contribution in [3.05, 3.63) is 0 Å². The first kappa shape index (κ1) is 13.8. The number of rotatable bonds is 2. The van der Waals surface area contributed by atoms with Crippen LogP contribution in [0.4, 0.5) is 9.59 Å². The van der Waals surface area contributed by atoms with Crippen LogP contribution in [-0.2, 0) is 4.79 Å². The Kier molecular flexibility index (Phi) is 3.21. The Morgan fingerprint density at radius 2 is 1.91 bits per heavy atom. The van der Waals surface area contributed by atoms with E-state index in [1.165, 1.54) is 17.7 Å². The van der Waals surface area contributed by atoms with E-state index < -0.39 is 6.04 Å². The highest BCUT2D eigenvalue weighted by atomic mass is 16.2. The molecular weight excluding hydrogens is 286 g/mol. The van der Waals surface area contributed by atoms with E-state index in [4.69, 9.17) is 0 Å². The first-order valence-corrected chi connectivity index (χ1v) is 8.03. The predicted molar refractivity (Wildman–Crippen MR) is 77.1 cm³/mol. The summed E-state index contributed by atoms with van der Waals surface area (Å²) in [7, 11) is 0. The quantitative estimate of drug-likeness (QED) is 0.652. The van der Waals surface area contributed by atoms with E-state index in [9.17, 15) is 14.4 Å². The van der Waals surface area contributed by atoms with Crippen molar-refractivity contribution in [1.29, 1.82) is 0 Å². The highest BCUT2D eigenvalue weighted by Gasteiger charge is 2.43. The van der Waals surface area contributed by atoms with Crippen LogP contribution < -0.4 is 10.6 Å². The molecule has 4 aliphatic rings. The molecule has 0 spiro atoms. The van der Waals surface area contributed by atoms with E-state index in [-0.39, 0.29) is 30.6 Å². The van der Waals surface area contributed by atoms with Gasteiger partial charge in [-0.2, -0.15) is 0 Å². The molecule has 0 bridgehead atoms. The molecule has 8 heteroatoms. The third kappa shape index (κ3) is 2.41. The minimum absolute atomic E-state index is 0.116. The van der Waals surface area contributed by atoms with Crippen LogP contribution in [-0.4, -0.2) is 83.5 Å². The lowest BCUT2D eigenvalue weighted by Crippen LogP contribution is -2.57. The Morgan fingerprint density at radius 1 is 1.09 bits per heavy atom. The molecule has 4 fully saturated rings. The van der Waals surface area contributed by atoms with Crippen LogP contribution in [0.3, 0.4) is 0 Å². The highest BCUT2D eigenvalue weighted by molar-refractivity contribution is 6.04. The Bertz CT molecular complexity index is 521. The van der Waals surface area contributed by atoms with Crippen LogP contribution in [0.15, 0.2) is 0 Å². The van der Waals surface area contributed by atoms with E-state index in [1.807, 2.05) is 0 Å². The number of fused-ring (bicyclic) bond motifs is 1. The number of piperazine rings is 1. The number of urea groups is 2. The number of amides is 5. The van der Waals surface area contributed by atoms with Crippen molar-refractivity contribution in [3.63, 3.8) is 0 Å². The maximum atomic E-state index is 12.4. The zero-order valence-corrected chi connectivity index (χ0v) is 12.5. The highest BCUT2D eigenvalue weighted by Crippen LogP contribution is 2.29. The fourth-order valence-corrected chi connectivity index (χ4v) is 3.64. The van der Waals surface area contributed by atoms with Crippen LogP contribution >= 0.6 is 0 Å². The summed E-state index contributed by atoms with van der Waals surface area (Å²) in [5, 5.41) is 5.38. The molecule has 120 valence electrons. The summed E-state index contributed by atoms with van der Waals surface area (Å²) >= 11 is 0. The number of nitrogens with one attached hydrogen (secondary N) is 2. The number of imide groups is 1. The second-order valence-electron chi connectivity index (χ2n) is 6.61. The average Bonchev–Trinajstić information content (AvgIpc) is 3.19. The first-order valence-electron chi connectivity index (χ1n) is 8.03. The average molecular weight is 307 g/mol. The van der Waals surface area contributed by atoms with Crippen molar-refractivity contribution in [2.75, 3.05) is 32.7 Å². The predicted octanol–water partition coefficient (Wildman–Crippen LogP) is -0.831. The largest absolute Gasteiger partial charge is 0.334 e. The zero-order chi connectivity index (χ0) is 15.3. The molecule has 2 unspecified atom stereocenters. The van der Waals surface area contributed by atoms with E-state index >= 15 is 0 Å². The van der Waals surface area contributed by atoms with Crippen molar-refractivity contribution >= 4 is 18.0 Å². The molecular formula is C14H21N5O3. The first-order chi connectivity index (χ1) is 10.6. The molecule has 0 aromatic carbocycles. The Labute approximate surface area is 128 Å². The second kappa shape index (κ2) is 5.12. The zero-order valence-electron chi connectivity index (χ0n) is 12.5. The van der Waals surface area contributed by atoms with Gasteiger partial charge in [0.15, 0.2) is 0 Å². The van der Waals surface area contributed by atoms with Gasteiger partial charge in [-0.1, -0.05) is 0 Å². The summed E-state index contributed by atoms with van der Waals surface area (Å²) in [4.78, 5) is 41.3. The fraction of sp³-hybridized carbons (Fsp3) is 0.786. The molecule has 2 atom stereocenters. The molecule has 2 N–H and O–H groups in total. The lowest BCUT2D eigenvalue weighted by molar-refractivity contribution is -0.122. The van der Waals surface area contributed by atoms with Gasteiger partial charge in [0.05, 0.1) is 6.54 Å². The Hall–Kier alpha value is -1.83. The molecule has 4 rings (SSSR count). The molecule has 3 heterocycles. The lowest BCUT2D eigenvalue weighted by Gasteiger charge is -2.35. The third-order valence-electron chi connectivity index (χ3n) is 5.07. The molecule has 5 amide bonds. The van der Waals surface area contributed by atoms with Crippen molar-refractivity contribution < 1.29 is 14.4 Å². The summed E-state index contributed by atoms with van der Waals surface area (Å²) < 4.78 is 0. The molecule has 0 radical (unpaired) electrons. The number of hydrogen-bond donors (Lipinski definition) is 2. The Balaban J connectivity index is 1.31. The summed E-state index contributed by atoms with van der Waals surface area (Å²) in [6.07, 6.45) is 3.56. The van der Waals surface area contributed by atoms with Crippen LogP contribution in [0.1, 0.15) is 19.3 Å². The van der Waals surface area contributed by atoms with Gasteiger partial charge in [0.2, 0.25) is 0 Å². The second-order valence-corrected chi connectivity index (χ2v) is 6.61. The van der Waals surface area contributed by atoms with Gasteiger partial charge < -0.3 is 15.1 Å². The van der Waals surface area contributed by atoms with E-state index in [0.717, 1.165) is 25.6 Å². The van der Waals surface area contributed by atoms with Crippen molar-refractivity contribution in [2.24, 2.45) is 0 Å². The standard InChI is InChI=1S/C14H21N5O3/c20-12-11-8-18(5-6-19(11)14(22)16-12)13(21)15-9-3-4-17(7-9)10-1-2-10/h9-11H,1-8H2,(H,15,21)(H,16,20,22). The van der Waals surface area contributed by atoms with Gasteiger partial charge in [-0.25, -0.2) is 9.59 Å². The van der Waals surface area contributed by atoms with Crippen LogP contribution in [0.2, 0.25) is 0 Å². The smallest absolute Gasteiger partial charge is 0.324 e.